The average molecular weight is 449 g/mol. The molecule has 0 spiro atoms. The number of rotatable bonds is 10. The summed E-state index contributed by atoms with van der Waals surface area (Å²) in [6, 6.07) is 0. The van der Waals surface area contributed by atoms with Crippen molar-refractivity contribution in [2.75, 3.05) is 26.4 Å². The van der Waals surface area contributed by atoms with Crippen LogP contribution < -0.4 is 0 Å². The SMILES string of the molecule is CC(C)=CCC/C(C)=C\COC1OC(COC2OCC(O)(CO)C2O)C(O)C(O)C1O. The average Bonchev–Trinajstić information content (AvgIpc) is 3.01. The lowest BCUT2D eigenvalue weighted by Gasteiger charge is -2.40. The van der Waals surface area contributed by atoms with Crippen LogP contribution in [0.4, 0.5) is 0 Å². The van der Waals surface area contributed by atoms with E-state index >= 15 is 0 Å². The van der Waals surface area contributed by atoms with Gasteiger partial charge in [-0.25, -0.2) is 0 Å². The first-order valence-corrected chi connectivity index (χ1v) is 10.4. The van der Waals surface area contributed by atoms with Crippen molar-refractivity contribution in [3.63, 3.8) is 0 Å². The highest BCUT2D eigenvalue weighted by atomic mass is 16.7. The minimum Gasteiger partial charge on any atom is -0.393 e. The quantitative estimate of drug-likeness (QED) is 0.228. The minimum absolute atomic E-state index is 0.146. The summed E-state index contributed by atoms with van der Waals surface area (Å²) in [6.07, 6.45) is -3.70. The maximum Gasteiger partial charge on any atom is 0.187 e. The zero-order valence-corrected chi connectivity index (χ0v) is 18.3. The summed E-state index contributed by atoms with van der Waals surface area (Å²) < 4.78 is 21.6. The molecule has 6 N–H and O–H groups in total. The van der Waals surface area contributed by atoms with E-state index in [-0.39, 0.29) is 19.8 Å². The number of hydrogen-bond donors (Lipinski definition) is 6. The molecule has 31 heavy (non-hydrogen) atoms. The second kappa shape index (κ2) is 11.8. The molecule has 0 radical (unpaired) electrons. The second-order valence-corrected chi connectivity index (χ2v) is 8.44. The molecule has 8 unspecified atom stereocenters. The van der Waals surface area contributed by atoms with Crippen molar-refractivity contribution in [1.29, 1.82) is 0 Å². The van der Waals surface area contributed by atoms with Crippen LogP contribution in [-0.4, -0.2) is 106 Å². The standard InChI is InChI=1S/C21H36O10/c1-12(2)5-4-6-13(3)7-8-28-19-17(25)16(24)15(23)14(31-19)9-29-20-18(26)21(27,10-22)11-30-20/h5,7,14-20,22-27H,4,6,8-11H2,1-3H3/b13-7-. The Kier molecular flexibility index (Phi) is 10.0. The van der Waals surface area contributed by atoms with Crippen LogP contribution in [0.5, 0.6) is 0 Å². The monoisotopic (exact) mass is 448 g/mol. The minimum atomic E-state index is -1.84. The van der Waals surface area contributed by atoms with Gasteiger partial charge in [0.1, 0.15) is 36.1 Å². The van der Waals surface area contributed by atoms with Crippen LogP contribution in [0.1, 0.15) is 33.6 Å². The summed E-state index contributed by atoms with van der Waals surface area (Å²) in [4.78, 5) is 0. The lowest BCUT2D eigenvalue weighted by atomic mass is 9.99. The summed E-state index contributed by atoms with van der Waals surface area (Å²) in [5.74, 6) is 0. The van der Waals surface area contributed by atoms with E-state index in [1.807, 2.05) is 26.8 Å². The van der Waals surface area contributed by atoms with E-state index in [0.29, 0.717) is 0 Å². The Morgan fingerprint density at radius 3 is 2.32 bits per heavy atom. The maximum atomic E-state index is 10.2. The molecule has 0 saturated carbocycles. The van der Waals surface area contributed by atoms with Crippen LogP contribution in [0.3, 0.4) is 0 Å². The molecule has 2 rings (SSSR count). The van der Waals surface area contributed by atoms with E-state index in [4.69, 9.17) is 24.1 Å². The van der Waals surface area contributed by atoms with E-state index < -0.39 is 55.3 Å². The first-order chi connectivity index (χ1) is 14.6. The summed E-state index contributed by atoms with van der Waals surface area (Å²) in [5, 5.41) is 59.7. The Hall–Kier alpha value is -0.920. The molecule has 0 bridgehead atoms. The van der Waals surface area contributed by atoms with Crippen molar-refractivity contribution in [2.24, 2.45) is 0 Å². The number of ether oxygens (including phenoxy) is 4. The summed E-state index contributed by atoms with van der Waals surface area (Å²) >= 11 is 0. The fourth-order valence-electron chi connectivity index (χ4n) is 3.29. The molecular formula is C21H36O10. The molecule has 2 aliphatic heterocycles. The van der Waals surface area contributed by atoms with Crippen LogP contribution in [0, 0.1) is 0 Å². The van der Waals surface area contributed by atoms with Crippen molar-refractivity contribution in [1.82, 2.24) is 0 Å². The van der Waals surface area contributed by atoms with Crippen LogP contribution in [0.25, 0.3) is 0 Å². The van der Waals surface area contributed by atoms with Crippen molar-refractivity contribution < 1.29 is 49.6 Å². The Labute approximate surface area is 182 Å². The van der Waals surface area contributed by atoms with Gasteiger partial charge in [0.05, 0.1) is 26.4 Å². The van der Waals surface area contributed by atoms with Crippen molar-refractivity contribution >= 4 is 0 Å². The molecule has 2 heterocycles. The topological polar surface area (TPSA) is 158 Å². The van der Waals surface area contributed by atoms with Crippen molar-refractivity contribution in [2.45, 2.75) is 82.3 Å². The van der Waals surface area contributed by atoms with Gasteiger partial charge in [-0.2, -0.15) is 0 Å². The molecule has 0 amide bonds. The molecule has 2 aliphatic rings. The number of aliphatic hydroxyl groups excluding tert-OH is 5. The highest BCUT2D eigenvalue weighted by Crippen LogP contribution is 2.27. The van der Waals surface area contributed by atoms with Gasteiger partial charge in [-0.1, -0.05) is 23.3 Å². The van der Waals surface area contributed by atoms with Gasteiger partial charge in [-0.15, -0.1) is 0 Å². The number of aliphatic hydroxyl groups is 6. The van der Waals surface area contributed by atoms with Crippen LogP contribution in [0.2, 0.25) is 0 Å². The smallest absolute Gasteiger partial charge is 0.187 e. The largest absolute Gasteiger partial charge is 0.393 e. The van der Waals surface area contributed by atoms with Crippen molar-refractivity contribution in [3.05, 3.63) is 23.3 Å². The molecule has 10 heteroatoms. The van der Waals surface area contributed by atoms with Crippen LogP contribution >= 0.6 is 0 Å². The van der Waals surface area contributed by atoms with E-state index in [1.54, 1.807) is 0 Å². The first-order valence-electron chi connectivity index (χ1n) is 10.4. The van der Waals surface area contributed by atoms with Gasteiger partial charge in [0.15, 0.2) is 12.6 Å². The summed E-state index contributed by atoms with van der Waals surface area (Å²) in [5.41, 5.74) is 0.514. The highest BCUT2D eigenvalue weighted by Gasteiger charge is 2.50. The van der Waals surface area contributed by atoms with Gasteiger partial charge in [0.25, 0.3) is 0 Å². The molecule has 2 saturated heterocycles. The van der Waals surface area contributed by atoms with Gasteiger partial charge in [0.2, 0.25) is 0 Å². The van der Waals surface area contributed by atoms with Gasteiger partial charge in [-0.3, -0.25) is 0 Å². The van der Waals surface area contributed by atoms with E-state index in [0.717, 1.165) is 18.4 Å². The Bertz CT molecular complexity index is 619. The lowest BCUT2D eigenvalue weighted by Crippen LogP contribution is -2.59. The van der Waals surface area contributed by atoms with E-state index in [2.05, 4.69) is 6.08 Å². The summed E-state index contributed by atoms with van der Waals surface area (Å²) in [6.45, 7) is 4.84. The van der Waals surface area contributed by atoms with E-state index in [9.17, 15) is 25.5 Å². The lowest BCUT2D eigenvalue weighted by molar-refractivity contribution is -0.307. The zero-order valence-electron chi connectivity index (χ0n) is 18.3. The Morgan fingerprint density at radius 2 is 1.71 bits per heavy atom. The molecule has 180 valence electrons. The van der Waals surface area contributed by atoms with Crippen molar-refractivity contribution in [3.8, 4) is 0 Å². The normalized spacial score (nSPS) is 39.0. The maximum absolute atomic E-state index is 10.2. The molecule has 0 aromatic carbocycles. The molecule has 2 fully saturated rings. The fourth-order valence-corrected chi connectivity index (χ4v) is 3.29. The van der Waals surface area contributed by atoms with Gasteiger partial charge in [0, 0.05) is 0 Å². The fraction of sp³-hybridized carbons (Fsp3) is 0.810. The highest BCUT2D eigenvalue weighted by molar-refractivity contribution is 5.02. The third kappa shape index (κ3) is 7.03. The third-order valence-electron chi connectivity index (χ3n) is 5.46. The third-order valence-corrected chi connectivity index (χ3v) is 5.46. The molecule has 0 aromatic rings. The van der Waals surface area contributed by atoms with Crippen LogP contribution in [0.15, 0.2) is 23.3 Å². The molecule has 10 nitrogen and oxygen atoms in total. The number of hydrogen-bond acceptors (Lipinski definition) is 10. The number of allylic oxidation sites excluding steroid dienone is 3. The molecule has 8 atom stereocenters. The summed E-state index contributed by atoms with van der Waals surface area (Å²) in [7, 11) is 0. The predicted octanol–water partition coefficient (Wildman–Crippen LogP) is -1.04. The van der Waals surface area contributed by atoms with Crippen LogP contribution in [-0.2, 0) is 18.9 Å². The van der Waals surface area contributed by atoms with Gasteiger partial charge < -0.3 is 49.6 Å². The molecular weight excluding hydrogens is 412 g/mol. The predicted molar refractivity (Wildman–Crippen MR) is 109 cm³/mol. The van der Waals surface area contributed by atoms with Gasteiger partial charge in [-0.05, 0) is 33.6 Å². The first kappa shape index (κ1) is 26.3. The molecule has 0 aromatic heterocycles. The van der Waals surface area contributed by atoms with E-state index in [1.165, 1.54) is 5.57 Å². The van der Waals surface area contributed by atoms with Gasteiger partial charge >= 0.3 is 0 Å². The zero-order chi connectivity index (χ0) is 23.2. The second-order valence-electron chi connectivity index (χ2n) is 8.44. The Morgan fingerprint density at radius 1 is 1.00 bits per heavy atom. The Balaban J connectivity index is 1.86. The molecule has 0 aliphatic carbocycles.